The van der Waals surface area contributed by atoms with Gasteiger partial charge in [-0.15, -0.1) is 35.7 Å². The first-order valence-electron chi connectivity index (χ1n) is 12.5. The van der Waals surface area contributed by atoms with Gasteiger partial charge in [0.1, 0.15) is 5.82 Å². The van der Waals surface area contributed by atoms with E-state index < -0.39 is 0 Å². The second kappa shape index (κ2) is 9.70. The number of hydrogen-bond donors (Lipinski definition) is 0. The topological polar surface area (TPSA) is 61.0 Å². The Hall–Kier alpha value is -4.87. The number of anilines is 2. The zero-order chi connectivity index (χ0) is 25.8. The maximum atomic E-state index is 6.33. The summed E-state index contributed by atoms with van der Waals surface area (Å²) in [5.41, 5.74) is 4.78. The van der Waals surface area contributed by atoms with E-state index in [0.29, 0.717) is 11.5 Å². The average Bonchev–Trinajstić information content (AvgIpc) is 3.60. The SMILES string of the molecule is [Pt].[c-]1c(Oc2[c-]c3c(cc2)c2ccncc2n3-c2ccccn2)cccc1N1[CH-]n2ccnc2-c2ccccc21. The van der Waals surface area contributed by atoms with Crippen LogP contribution < -0.4 is 9.64 Å². The average molecular weight is 699 g/mol. The van der Waals surface area contributed by atoms with Gasteiger partial charge >= 0.3 is 0 Å². The van der Waals surface area contributed by atoms with Gasteiger partial charge in [-0.1, -0.05) is 41.7 Å². The number of pyridine rings is 2. The number of fused-ring (bicyclic) bond motifs is 6. The van der Waals surface area contributed by atoms with Crippen LogP contribution in [0.5, 0.6) is 11.5 Å². The smallest absolute Gasteiger partial charge is 0.135 e. The summed E-state index contributed by atoms with van der Waals surface area (Å²) in [5.74, 6) is 2.89. The molecule has 0 aliphatic carbocycles. The Morgan fingerprint density at radius 3 is 2.58 bits per heavy atom. The fourth-order valence-corrected chi connectivity index (χ4v) is 5.17. The van der Waals surface area contributed by atoms with E-state index in [1.54, 1.807) is 12.4 Å². The first-order valence-corrected chi connectivity index (χ1v) is 12.5. The maximum absolute atomic E-state index is 6.33. The second-order valence-electron chi connectivity index (χ2n) is 9.16. The van der Waals surface area contributed by atoms with Crippen LogP contribution in [-0.4, -0.2) is 24.1 Å². The molecule has 0 N–H and O–H groups in total. The summed E-state index contributed by atoms with van der Waals surface area (Å²) in [4.78, 5) is 15.6. The fourth-order valence-electron chi connectivity index (χ4n) is 5.17. The molecule has 196 valence electrons. The first kappa shape index (κ1) is 24.2. The molecule has 7 aromatic rings. The molecule has 0 amide bonds. The molecule has 5 heterocycles. The summed E-state index contributed by atoms with van der Waals surface area (Å²) in [6, 6.07) is 32.9. The minimum absolute atomic E-state index is 0. The van der Waals surface area contributed by atoms with Crippen molar-refractivity contribution in [2.75, 3.05) is 4.90 Å². The van der Waals surface area contributed by atoms with Gasteiger partial charge < -0.3 is 23.8 Å². The van der Waals surface area contributed by atoms with E-state index >= 15 is 0 Å². The number of nitrogens with zero attached hydrogens (tertiary/aromatic N) is 6. The van der Waals surface area contributed by atoms with Crippen LogP contribution in [0.3, 0.4) is 0 Å². The third-order valence-corrected chi connectivity index (χ3v) is 6.88. The summed E-state index contributed by atoms with van der Waals surface area (Å²) in [6.07, 6.45) is 9.19. The Morgan fingerprint density at radius 1 is 0.750 bits per heavy atom. The Kier molecular flexibility index (Phi) is 5.87. The summed E-state index contributed by atoms with van der Waals surface area (Å²) in [7, 11) is 0. The molecule has 3 aromatic carbocycles. The molecule has 1 aliphatic rings. The summed E-state index contributed by atoms with van der Waals surface area (Å²) >= 11 is 0. The number of benzene rings is 3. The Morgan fingerprint density at radius 2 is 1.65 bits per heavy atom. The molecule has 0 saturated heterocycles. The monoisotopic (exact) mass is 698 g/mol. The van der Waals surface area contributed by atoms with Crippen LogP contribution in [0.4, 0.5) is 11.4 Å². The van der Waals surface area contributed by atoms with Gasteiger partial charge in [0.15, 0.2) is 0 Å². The number of hydrogen-bond acceptors (Lipinski definition) is 5. The van der Waals surface area contributed by atoms with Crippen molar-refractivity contribution in [3.8, 4) is 28.7 Å². The van der Waals surface area contributed by atoms with Crippen LogP contribution >= 0.6 is 0 Å². The largest absolute Gasteiger partial charge is 0.509 e. The molecular weight excluding hydrogens is 679 g/mol. The molecule has 0 saturated carbocycles. The molecule has 8 heteroatoms. The van der Waals surface area contributed by atoms with E-state index in [0.717, 1.165) is 50.4 Å². The van der Waals surface area contributed by atoms with Crippen LogP contribution in [0, 0.1) is 18.8 Å². The third-order valence-electron chi connectivity index (χ3n) is 6.88. The van der Waals surface area contributed by atoms with Crippen molar-refractivity contribution in [2.24, 2.45) is 0 Å². The quantitative estimate of drug-likeness (QED) is 0.187. The van der Waals surface area contributed by atoms with Gasteiger partial charge in [-0.3, -0.25) is 4.98 Å². The zero-order valence-electron chi connectivity index (χ0n) is 20.9. The van der Waals surface area contributed by atoms with Gasteiger partial charge in [0.25, 0.3) is 0 Å². The molecule has 0 spiro atoms. The number of para-hydroxylation sites is 1. The van der Waals surface area contributed by atoms with Gasteiger partial charge in [0.05, 0.1) is 11.7 Å². The van der Waals surface area contributed by atoms with Crippen LogP contribution in [0.25, 0.3) is 39.0 Å². The maximum Gasteiger partial charge on any atom is 0.135 e. The van der Waals surface area contributed by atoms with Gasteiger partial charge in [0, 0.05) is 56.5 Å². The standard InChI is InChI=1S/C32H19N6O.Pt/c1-2-9-28-27(8-1)32-35-16-17-36(32)21-37(28)22-6-5-7-23(18-22)39-24-11-12-25-26-13-15-33-20-30(26)38(29(25)19-24)31-10-3-4-14-34-31;/h1-17,20-21H;/q-3;. The molecular formula is C32H19N6OPt-3. The molecule has 0 atom stereocenters. The number of imidazole rings is 1. The minimum atomic E-state index is 0. The predicted molar refractivity (Wildman–Crippen MR) is 150 cm³/mol. The van der Waals surface area contributed by atoms with Gasteiger partial charge in [-0.05, 0) is 48.1 Å². The molecule has 40 heavy (non-hydrogen) atoms. The molecule has 0 unspecified atom stereocenters. The van der Waals surface area contributed by atoms with Crippen molar-refractivity contribution in [2.45, 2.75) is 0 Å². The van der Waals surface area contributed by atoms with Gasteiger partial charge in [-0.25, -0.2) is 4.98 Å². The summed E-state index contributed by atoms with van der Waals surface area (Å²) in [6.45, 7) is 2.01. The number of aromatic nitrogens is 5. The zero-order valence-corrected chi connectivity index (χ0v) is 23.1. The summed E-state index contributed by atoms with van der Waals surface area (Å²) in [5, 5.41) is 2.14. The Bertz CT molecular complexity index is 2000. The van der Waals surface area contributed by atoms with E-state index in [9.17, 15) is 0 Å². The minimum Gasteiger partial charge on any atom is -0.509 e. The predicted octanol–water partition coefficient (Wildman–Crippen LogP) is 6.95. The van der Waals surface area contributed by atoms with Crippen molar-refractivity contribution < 1.29 is 25.8 Å². The normalized spacial score (nSPS) is 11.9. The van der Waals surface area contributed by atoms with Crippen molar-refractivity contribution in [3.63, 3.8) is 0 Å². The van der Waals surface area contributed by atoms with Crippen LogP contribution in [0.15, 0.2) is 110 Å². The van der Waals surface area contributed by atoms with E-state index in [1.807, 2.05) is 90.5 Å². The number of ether oxygens (including phenoxy) is 1. The van der Waals surface area contributed by atoms with E-state index in [2.05, 4.69) is 54.8 Å². The van der Waals surface area contributed by atoms with Crippen LogP contribution in [0.1, 0.15) is 0 Å². The Labute approximate surface area is 244 Å². The van der Waals surface area contributed by atoms with Crippen LogP contribution in [0.2, 0.25) is 0 Å². The molecule has 1 aliphatic heterocycles. The van der Waals surface area contributed by atoms with Gasteiger partial charge in [0.2, 0.25) is 0 Å². The molecule has 0 fully saturated rings. The van der Waals surface area contributed by atoms with Crippen molar-refractivity contribution in [1.82, 2.24) is 24.1 Å². The summed E-state index contributed by atoms with van der Waals surface area (Å²) < 4.78 is 10.4. The van der Waals surface area contributed by atoms with Gasteiger partial charge in [-0.2, -0.15) is 12.1 Å². The van der Waals surface area contributed by atoms with Crippen molar-refractivity contribution in [3.05, 3.63) is 129 Å². The molecule has 4 aromatic heterocycles. The Balaban J connectivity index is 0.00000264. The van der Waals surface area contributed by atoms with Crippen LogP contribution in [-0.2, 0) is 21.1 Å². The van der Waals surface area contributed by atoms with E-state index in [4.69, 9.17) is 4.74 Å². The number of rotatable bonds is 4. The second-order valence-corrected chi connectivity index (χ2v) is 9.16. The van der Waals surface area contributed by atoms with E-state index in [-0.39, 0.29) is 21.1 Å². The van der Waals surface area contributed by atoms with E-state index in [1.165, 1.54) is 0 Å². The van der Waals surface area contributed by atoms with Crippen molar-refractivity contribution in [1.29, 1.82) is 0 Å². The van der Waals surface area contributed by atoms with Crippen molar-refractivity contribution >= 4 is 33.2 Å². The molecule has 7 nitrogen and oxygen atoms in total. The molecule has 0 radical (unpaired) electrons. The molecule has 0 bridgehead atoms. The fraction of sp³-hybridized carbons (Fsp3) is 0. The molecule has 8 rings (SSSR count). The first-order chi connectivity index (χ1) is 19.3. The third kappa shape index (κ3) is 3.86.